The van der Waals surface area contributed by atoms with Crippen molar-refractivity contribution in [3.63, 3.8) is 0 Å². The molecule has 0 radical (unpaired) electrons. The summed E-state index contributed by atoms with van der Waals surface area (Å²) in [6, 6.07) is 11.9. The molecule has 2 rings (SSSR count). The van der Waals surface area contributed by atoms with Gasteiger partial charge in [-0.15, -0.1) is 0 Å². The Bertz CT molecular complexity index is 524. The van der Waals surface area contributed by atoms with Crippen LogP contribution in [0.2, 0.25) is 0 Å². The number of rotatable bonds is 2. The standard InChI is InChI=1S/C15H19N3/c1-15(2,3)18-14-8-7-12(10-17-14)11-5-4-6-13(16)9-11/h4-10H,16H2,1-3H3,(H,17,18). The maximum Gasteiger partial charge on any atom is 0.126 e. The zero-order valence-corrected chi connectivity index (χ0v) is 11.1. The molecule has 0 aliphatic carbocycles. The largest absolute Gasteiger partial charge is 0.399 e. The van der Waals surface area contributed by atoms with Crippen molar-refractivity contribution in [1.82, 2.24) is 4.98 Å². The third-order valence-electron chi connectivity index (χ3n) is 2.49. The predicted molar refractivity (Wildman–Crippen MR) is 77.5 cm³/mol. The van der Waals surface area contributed by atoms with Gasteiger partial charge >= 0.3 is 0 Å². The summed E-state index contributed by atoms with van der Waals surface area (Å²) in [5.41, 5.74) is 8.72. The maximum atomic E-state index is 5.78. The molecule has 1 heterocycles. The number of nitrogen functional groups attached to an aromatic ring is 1. The number of hydrogen-bond acceptors (Lipinski definition) is 3. The fourth-order valence-electron chi connectivity index (χ4n) is 1.74. The Morgan fingerprint density at radius 2 is 1.83 bits per heavy atom. The zero-order valence-electron chi connectivity index (χ0n) is 11.1. The smallest absolute Gasteiger partial charge is 0.126 e. The fourth-order valence-corrected chi connectivity index (χ4v) is 1.74. The molecule has 94 valence electrons. The molecule has 0 atom stereocenters. The first-order valence-electron chi connectivity index (χ1n) is 6.04. The molecule has 0 fully saturated rings. The van der Waals surface area contributed by atoms with E-state index in [1.54, 1.807) is 0 Å². The molecule has 18 heavy (non-hydrogen) atoms. The minimum atomic E-state index is 0.0195. The lowest BCUT2D eigenvalue weighted by Crippen LogP contribution is -2.26. The van der Waals surface area contributed by atoms with E-state index in [1.165, 1.54) is 0 Å². The van der Waals surface area contributed by atoms with Crippen molar-refractivity contribution in [3.05, 3.63) is 42.6 Å². The van der Waals surface area contributed by atoms with Crippen LogP contribution in [0.3, 0.4) is 0 Å². The summed E-state index contributed by atoms with van der Waals surface area (Å²) in [6.45, 7) is 6.33. The monoisotopic (exact) mass is 241 g/mol. The van der Waals surface area contributed by atoms with Crippen LogP contribution in [0, 0.1) is 0 Å². The zero-order chi connectivity index (χ0) is 13.2. The van der Waals surface area contributed by atoms with E-state index < -0.39 is 0 Å². The predicted octanol–water partition coefficient (Wildman–Crippen LogP) is 3.54. The van der Waals surface area contributed by atoms with Crippen molar-refractivity contribution in [2.75, 3.05) is 11.1 Å². The van der Waals surface area contributed by atoms with Crippen LogP contribution < -0.4 is 11.1 Å². The summed E-state index contributed by atoms with van der Waals surface area (Å²) in [7, 11) is 0. The molecule has 3 nitrogen and oxygen atoms in total. The molecule has 1 aromatic heterocycles. The highest BCUT2D eigenvalue weighted by Gasteiger charge is 2.09. The van der Waals surface area contributed by atoms with Gasteiger partial charge < -0.3 is 11.1 Å². The van der Waals surface area contributed by atoms with E-state index in [9.17, 15) is 0 Å². The minimum Gasteiger partial charge on any atom is -0.399 e. The van der Waals surface area contributed by atoms with E-state index in [4.69, 9.17) is 5.73 Å². The molecule has 0 amide bonds. The van der Waals surface area contributed by atoms with Crippen molar-refractivity contribution >= 4 is 11.5 Å². The summed E-state index contributed by atoms with van der Waals surface area (Å²) in [5.74, 6) is 0.884. The number of anilines is 2. The van der Waals surface area contributed by atoms with Crippen LogP contribution in [-0.4, -0.2) is 10.5 Å². The quantitative estimate of drug-likeness (QED) is 0.791. The molecule has 0 aliphatic heterocycles. The molecule has 3 N–H and O–H groups in total. The SMILES string of the molecule is CC(C)(C)Nc1ccc(-c2cccc(N)c2)cn1. The molecule has 0 saturated carbocycles. The average molecular weight is 241 g/mol. The number of nitrogens with one attached hydrogen (secondary N) is 1. The molecule has 0 bridgehead atoms. The first kappa shape index (κ1) is 12.4. The summed E-state index contributed by atoms with van der Waals surface area (Å²) in [6.07, 6.45) is 1.86. The Morgan fingerprint density at radius 1 is 1.06 bits per heavy atom. The van der Waals surface area contributed by atoms with Gasteiger partial charge in [0.25, 0.3) is 0 Å². The first-order valence-corrected chi connectivity index (χ1v) is 6.04. The molecule has 3 heteroatoms. The second-order valence-corrected chi connectivity index (χ2v) is 5.43. The normalized spacial score (nSPS) is 11.3. The molecule has 2 aromatic rings. The van der Waals surface area contributed by atoms with Crippen LogP contribution in [0.25, 0.3) is 11.1 Å². The van der Waals surface area contributed by atoms with Crippen molar-refractivity contribution in [2.24, 2.45) is 0 Å². The van der Waals surface area contributed by atoms with Gasteiger partial charge in [0, 0.05) is 23.0 Å². The van der Waals surface area contributed by atoms with E-state index >= 15 is 0 Å². The van der Waals surface area contributed by atoms with Gasteiger partial charge in [0.2, 0.25) is 0 Å². The Morgan fingerprint density at radius 3 is 2.39 bits per heavy atom. The molecule has 0 unspecified atom stereocenters. The lowest BCUT2D eigenvalue weighted by molar-refractivity contribution is 0.630. The number of pyridine rings is 1. The highest BCUT2D eigenvalue weighted by Crippen LogP contribution is 2.22. The van der Waals surface area contributed by atoms with Crippen molar-refractivity contribution < 1.29 is 0 Å². The van der Waals surface area contributed by atoms with Crippen LogP contribution >= 0.6 is 0 Å². The molecule has 0 aliphatic rings. The Labute approximate surface area is 108 Å². The van der Waals surface area contributed by atoms with Gasteiger partial charge in [0.1, 0.15) is 5.82 Å². The molecular formula is C15H19N3. The van der Waals surface area contributed by atoms with Crippen LogP contribution in [0.4, 0.5) is 11.5 Å². The number of benzene rings is 1. The van der Waals surface area contributed by atoms with E-state index in [0.717, 1.165) is 22.6 Å². The third kappa shape index (κ3) is 3.23. The summed E-state index contributed by atoms with van der Waals surface area (Å²) >= 11 is 0. The average Bonchev–Trinajstić information content (AvgIpc) is 2.28. The molecule has 1 aromatic carbocycles. The topological polar surface area (TPSA) is 50.9 Å². The summed E-state index contributed by atoms with van der Waals surface area (Å²) < 4.78 is 0. The van der Waals surface area contributed by atoms with Crippen molar-refractivity contribution in [3.8, 4) is 11.1 Å². The molecule has 0 spiro atoms. The van der Waals surface area contributed by atoms with E-state index in [-0.39, 0.29) is 5.54 Å². The Balaban J connectivity index is 2.22. The second-order valence-electron chi connectivity index (χ2n) is 5.43. The van der Waals surface area contributed by atoms with Gasteiger partial charge in [-0.25, -0.2) is 4.98 Å². The van der Waals surface area contributed by atoms with Gasteiger partial charge in [0.15, 0.2) is 0 Å². The second kappa shape index (κ2) is 4.69. The highest BCUT2D eigenvalue weighted by atomic mass is 15.0. The van der Waals surface area contributed by atoms with Gasteiger partial charge in [-0.3, -0.25) is 0 Å². The van der Waals surface area contributed by atoms with Gasteiger partial charge in [0.05, 0.1) is 0 Å². The van der Waals surface area contributed by atoms with Crippen molar-refractivity contribution in [1.29, 1.82) is 0 Å². The Hall–Kier alpha value is -2.03. The van der Waals surface area contributed by atoms with Crippen LogP contribution in [-0.2, 0) is 0 Å². The minimum absolute atomic E-state index is 0.0195. The van der Waals surface area contributed by atoms with Gasteiger partial charge in [-0.05, 0) is 50.6 Å². The number of aromatic nitrogens is 1. The lowest BCUT2D eigenvalue weighted by atomic mass is 10.1. The number of hydrogen-bond donors (Lipinski definition) is 2. The van der Waals surface area contributed by atoms with Crippen LogP contribution in [0.1, 0.15) is 20.8 Å². The highest BCUT2D eigenvalue weighted by molar-refractivity contribution is 5.67. The van der Waals surface area contributed by atoms with Crippen LogP contribution in [0.15, 0.2) is 42.6 Å². The maximum absolute atomic E-state index is 5.78. The van der Waals surface area contributed by atoms with Crippen molar-refractivity contribution in [2.45, 2.75) is 26.3 Å². The summed E-state index contributed by atoms with van der Waals surface area (Å²) in [4.78, 5) is 4.42. The molecular weight excluding hydrogens is 222 g/mol. The van der Waals surface area contributed by atoms with E-state index in [2.05, 4.69) is 37.1 Å². The fraction of sp³-hybridized carbons (Fsp3) is 0.267. The molecule has 0 saturated heterocycles. The van der Waals surface area contributed by atoms with Gasteiger partial charge in [-0.2, -0.15) is 0 Å². The summed E-state index contributed by atoms with van der Waals surface area (Å²) in [5, 5.41) is 3.34. The number of nitrogens with two attached hydrogens (primary N) is 1. The number of nitrogens with zero attached hydrogens (tertiary/aromatic N) is 1. The first-order chi connectivity index (χ1) is 8.44. The third-order valence-corrected chi connectivity index (χ3v) is 2.49. The van der Waals surface area contributed by atoms with Gasteiger partial charge in [-0.1, -0.05) is 12.1 Å². The van der Waals surface area contributed by atoms with E-state index in [0.29, 0.717) is 0 Å². The lowest BCUT2D eigenvalue weighted by Gasteiger charge is -2.21. The Kier molecular flexibility index (Phi) is 3.24. The van der Waals surface area contributed by atoms with E-state index in [1.807, 2.05) is 36.5 Å². The van der Waals surface area contributed by atoms with Crippen LogP contribution in [0.5, 0.6) is 0 Å².